The molecule has 4 aliphatic rings. The van der Waals surface area contributed by atoms with E-state index in [1.165, 1.54) is 17.4 Å². The number of carbonyl (C=O) groups excluding carboxylic acids is 5. The molecule has 0 aromatic rings. The van der Waals surface area contributed by atoms with Gasteiger partial charge in [-0.25, -0.2) is 17.5 Å². The van der Waals surface area contributed by atoms with E-state index in [9.17, 15) is 32.4 Å². The van der Waals surface area contributed by atoms with Gasteiger partial charge in [-0.15, -0.1) is 6.58 Å². The third kappa shape index (κ3) is 9.22. The van der Waals surface area contributed by atoms with E-state index in [0.29, 0.717) is 13.0 Å². The zero-order valence-electron chi connectivity index (χ0n) is 30.6. The average Bonchev–Trinajstić information content (AvgIpc) is 3.90. The number of nitrogens with zero attached hydrogens (tertiary/aromatic N) is 2. The average molecular weight is 707 g/mol. The SMILES string of the molecule is C=CCNC(=O)C(=O)C(CC1CC1)NC(=O)[C@@H]1[C@H]2CCC3(CC3)[C@H]2CN1C(=O)[C@@H](NC(=O)N[C@H](CN(C)S(C)(=O)=O)C(C)(C)C)C(C)(C)C. The zero-order chi connectivity index (χ0) is 36.7. The summed E-state index contributed by atoms with van der Waals surface area (Å²) in [4.78, 5) is 69.9. The number of hydrogen-bond acceptors (Lipinski definition) is 7. The maximum atomic E-state index is 14.6. The second-order valence-electron chi connectivity index (χ2n) is 17.1. The molecule has 4 fully saturated rings. The Hall–Kier alpha value is -3.00. The van der Waals surface area contributed by atoms with Gasteiger partial charge in [-0.05, 0) is 66.1 Å². The van der Waals surface area contributed by atoms with E-state index < -0.39 is 68.6 Å². The van der Waals surface area contributed by atoms with Crippen molar-refractivity contribution < 1.29 is 32.4 Å². The van der Waals surface area contributed by atoms with Gasteiger partial charge in [0.15, 0.2) is 0 Å². The fraction of sp³-hybridized carbons (Fsp3) is 0.800. The van der Waals surface area contributed by atoms with Gasteiger partial charge in [0.2, 0.25) is 27.6 Å². The van der Waals surface area contributed by atoms with Crippen LogP contribution in [0.2, 0.25) is 0 Å². The molecule has 1 spiro atoms. The van der Waals surface area contributed by atoms with Crippen molar-refractivity contribution in [3.8, 4) is 0 Å². The standard InChI is InChI=1S/C35H58N6O7S/c1-10-17-36-30(44)27(42)24(18-21-11-12-21)37-29(43)26-22-13-14-35(15-16-35)23(22)19-41(26)31(45)28(34(5,6)7)39-32(46)38-25(33(2,3)4)20-40(8)49(9,47)48/h10,21-26,28H,1,11-20H2,2-9H3,(H,36,44)(H,37,43)(H2,38,39,46)/t22-,23-,24?,25+,26-,28+/m0/s1. The monoisotopic (exact) mass is 706 g/mol. The normalized spacial score (nSPS) is 24.8. The van der Waals surface area contributed by atoms with Crippen LogP contribution in [0.3, 0.4) is 0 Å². The molecule has 0 aromatic carbocycles. The number of amides is 5. The van der Waals surface area contributed by atoms with Crippen molar-refractivity contribution in [2.75, 3.05) is 32.9 Å². The smallest absolute Gasteiger partial charge is 0.315 e. The van der Waals surface area contributed by atoms with Crippen molar-refractivity contribution >= 4 is 39.6 Å². The largest absolute Gasteiger partial charge is 0.346 e. The van der Waals surface area contributed by atoms with Gasteiger partial charge in [0.1, 0.15) is 12.1 Å². The van der Waals surface area contributed by atoms with Crippen LogP contribution in [0, 0.1) is 34.0 Å². The molecule has 0 bridgehead atoms. The molecule has 13 nitrogen and oxygen atoms in total. The number of Topliss-reactive ketones (excluding diaryl/α,β-unsaturated/α-hetero) is 1. The summed E-state index contributed by atoms with van der Waals surface area (Å²) in [5.74, 6) is -2.03. The highest BCUT2D eigenvalue weighted by atomic mass is 32.2. The molecular formula is C35H58N6O7S. The molecule has 49 heavy (non-hydrogen) atoms. The minimum atomic E-state index is -3.50. The van der Waals surface area contributed by atoms with Crippen LogP contribution in [-0.4, -0.2) is 104 Å². The molecule has 276 valence electrons. The Kier molecular flexibility index (Phi) is 11.3. The number of sulfonamides is 1. The maximum absolute atomic E-state index is 14.6. The highest BCUT2D eigenvalue weighted by molar-refractivity contribution is 7.88. The van der Waals surface area contributed by atoms with E-state index in [4.69, 9.17) is 0 Å². The molecule has 0 radical (unpaired) electrons. The first-order valence-electron chi connectivity index (χ1n) is 17.6. The molecule has 14 heteroatoms. The van der Waals surface area contributed by atoms with E-state index in [2.05, 4.69) is 27.8 Å². The molecule has 6 atom stereocenters. The Labute approximate surface area is 292 Å². The zero-order valence-corrected chi connectivity index (χ0v) is 31.4. The van der Waals surface area contributed by atoms with E-state index in [1.807, 2.05) is 41.5 Å². The lowest BCUT2D eigenvalue weighted by atomic mass is 9.85. The summed E-state index contributed by atoms with van der Waals surface area (Å²) in [6.07, 6.45) is 8.67. The Bertz CT molecular complexity index is 1430. The first-order chi connectivity index (χ1) is 22.6. The topological polar surface area (TPSA) is 174 Å². The van der Waals surface area contributed by atoms with Gasteiger partial charge < -0.3 is 26.2 Å². The first kappa shape index (κ1) is 38.8. The van der Waals surface area contributed by atoms with Crippen molar-refractivity contribution in [2.24, 2.45) is 34.0 Å². The second kappa shape index (κ2) is 14.3. The number of urea groups is 1. The molecule has 4 N–H and O–H groups in total. The van der Waals surface area contributed by atoms with Crippen molar-refractivity contribution in [3.63, 3.8) is 0 Å². The molecule has 1 heterocycles. The molecule has 1 saturated heterocycles. The summed E-state index contributed by atoms with van der Waals surface area (Å²) >= 11 is 0. The van der Waals surface area contributed by atoms with E-state index >= 15 is 0 Å². The van der Waals surface area contributed by atoms with Gasteiger partial charge in [0.05, 0.1) is 12.3 Å². The van der Waals surface area contributed by atoms with Gasteiger partial charge in [-0.2, -0.15) is 0 Å². The minimum Gasteiger partial charge on any atom is -0.346 e. The molecule has 1 aliphatic heterocycles. The Morgan fingerprint density at radius 2 is 1.59 bits per heavy atom. The number of likely N-dealkylation sites (N-methyl/N-ethyl adjacent to an activating group) is 1. The molecule has 5 amide bonds. The number of rotatable bonds is 14. The number of hydrogen-bond donors (Lipinski definition) is 4. The van der Waals surface area contributed by atoms with Gasteiger partial charge in [0, 0.05) is 32.7 Å². The third-order valence-corrected chi connectivity index (χ3v) is 12.4. The summed E-state index contributed by atoms with van der Waals surface area (Å²) in [5, 5.41) is 11.2. The summed E-state index contributed by atoms with van der Waals surface area (Å²) in [5.41, 5.74) is -1.15. The van der Waals surface area contributed by atoms with Gasteiger partial charge >= 0.3 is 6.03 Å². The molecule has 4 rings (SSSR count). The van der Waals surface area contributed by atoms with Crippen molar-refractivity contribution in [1.29, 1.82) is 0 Å². The molecule has 3 aliphatic carbocycles. The Morgan fingerprint density at radius 1 is 0.959 bits per heavy atom. The predicted molar refractivity (Wildman–Crippen MR) is 186 cm³/mol. The highest BCUT2D eigenvalue weighted by Crippen LogP contribution is 2.66. The van der Waals surface area contributed by atoms with Crippen LogP contribution in [0.5, 0.6) is 0 Å². The number of carbonyl (C=O) groups is 5. The lowest BCUT2D eigenvalue weighted by molar-refractivity contribution is -0.144. The number of nitrogens with one attached hydrogen (secondary N) is 4. The van der Waals surface area contributed by atoms with Crippen molar-refractivity contribution in [1.82, 2.24) is 30.5 Å². The predicted octanol–water partition coefficient (Wildman–Crippen LogP) is 2.18. The van der Waals surface area contributed by atoms with E-state index in [-0.39, 0.29) is 42.2 Å². The van der Waals surface area contributed by atoms with E-state index in [1.54, 1.807) is 4.90 Å². The fourth-order valence-electron chi connectivity index (χ4n) is 7.56. The fourth-order valence-corrected chi connectivity index (χ4v) is 7.98. The van der Waals surface area contributed by atoms with Crippen LogP contribution in [0.25, 0.3) is 0 Å². The van der Waals surface area contributed by atoms with Crippen LogP contribution < -0.4 is 21.3 Å². The summed E-state index contributed by atoms with van der Waals surface area (Å²) in [6, 6.07) is -4.05. The van der Waals surface area contributed by atoms with Crippen LogP contribution >= 0.6 is 0 Å². The Balaban J connectivity index is 1.57. The molecule has 3 saturated carbocycles. The lowest BCUT2D eigenvalue weighted by Crippen LogP contribution is -2.62. The molecule has 1 unspecified atom stereocenters. The van der Waals surface area contributed by atoms with Crippen LogP contribution in [0.1, 0.15) is 86.5 Å². The summed E-state index contributed by atoms with van der Waals surface area (Å²) < 4.78 is 25.5. The first-order valence-corrected chi connectivity index (χ1v) is 19.5. The van der Waals surface area contributed by atoms with Crippen LogP contribution in [0.15, 0.2) is 12.7 Å². The highest BCUT2D eigenvalue weighted by Gasteiger charge is 2.64. The minimum absolute atomic E-state index is 0.0378. The second-order valence-corrected chi connectivity index (χ2v) is 19.2. The van der Waals surface area contributed by atoms with Crippen LogP contribution in [0.4, 0.5) is 4.79 Å². The van der Waals surface area contributed by atoms with Crippen molar-refractivity contribution in [3.05, 3.63) is 12.7 Å². The quantitative estimate of drug-likeness (QED) is 0.158. The van der Waals surface area contributed by atoms with Crippen molar-refractivity contribution in [2.45, 2.75) is 111 Å². The summed E-state index contributed by atoms with van der Waals surface area (Å²) in [6.45, 7) is 15.3. The van der Waals surface area contributed by atoms with Gasteiger partial charge in [-0.3, -0.25) is 19.2 Å². The van der Waals surface area contributed by atoms with Gasteiger partial charge in [-0.1, -0.05) is 60.5 Å². The summed E-state index contributed by atoms with van der Waals surface area (Å²) in [7, 11) is -2.05. The molecule has 0 aromatic heterocycles. The van der Waals surface area contributed by atoms with Gasteiger partial charge in [0.25, 0.3) is 5.91 Å². The Morgan fingerprint density at radius 3 is 2.10 bits per heavy atom. The number of ketones is 1. The van der Waals surface area contributed by atoms with E-state index in [0.717, 1.165) is 44.8 Å². The number of fused-ring (bicyclic) bond motifs is 2. The maximum Gasteiger partial charge on any atom is 0.315 e. The number of likely N-dealkylation sites (tertiary alicyclic amines) is 1. The third-order valence-electron chi connectivity index (χ3n) is 11.1. The van der Waals surface area contributed by atoms with Crippen LogP contribution in [-0.2, 0) is 29.2 Å². The lowest BCUT2D eigenvalue weighted by Gasteiger charge is -2.38. The molecular weight excluding hydrogens is 648 g/mol.